The van der Waals surface area contributed by atoms with Crippen LogP contribution in [0.25, 0.3) is 5.76 Å². The van der Waals surface area contributed by atoms with Crippen molar-refractivity contribution in [2.75, 3.05) is 0 Å². The number of aliphatic hydroxyl groups is 1. The molecule has 0 saturated heterocycles. The molecule has 17 heavy (non-hydrogen) atoms. The van der Waals surface area contributed by atoms with Crippen molar-refractivity contribution in [1.29, 1.82) is 0 Å². The van der Waals surface area contributed by atoms with Gasteiger partial charge >= 0.3 is 0 Å². The quantitative estimate of drug-likeness (QED) is 0.810. The van der Waals surface area contributed by atoms with Crippen molar-refractivity contribution in [3.05, 3.63) is 42.0 Å². The van der Waals surface area contributed by atoms with Gasteiger partial charge in [0.25, 0.3) is 0 Å². The fraction of sp³-hybridized carbons (Fsp3) is 0.467. The first-order valence-electron chi connectivity index (χ1n) is 6.37. The Hall–Kier alpha value is -1.28. The van der Waals surface area contributed by atoms with Crippen molar-refractivity contribution < 1.29 is 9.84 Å². The maximum atomic E-state index is 9.91. The van der Waals surface area contributed by atoms with E-state index in [9.17, 15) is 5.11 Å². The summed E-state index contributed by atoms with van der Waals surface area (Å²) in [4.78, 5) is 0. The predicted molar refractivity (Wildman–Crippen MR) is 69.4 cm³/mol. The molecular weight excluding hydrogens is 212 g/mol. The van der Waals surface area contributed by atoms with Crippen LogP contribution in [0.1, 0.15) is 38.2 Å². The Bertz CT molecular complexity index is 370. The summed E-state index contributed by atoms with van der Waals surface area (Å²) >= 11 is 0. The molecule has 1 aliphatic carbocycles. The van der Waals surface area contributed by atoms with Crippen LogP contribution in [0.5, 0.6) is 0 Å². The zero-order valence-corrected chi connectivity index (χ0v) is 10.3. The third-order valence-corrected chi connectivity index (χ3v) is 3.27. The second-order valence-corrected chi connectivity index (χ2v) is 4.53. The van der Waals surface area contributed by atoms with E-state index in [-0.39, 0.29) is 12.2 Å². The summed E-state index contributed by atoms with van der Waals surface area (Å²) in [5.74, 6) is 0.872. The highest BCUT2D eigenvalue weighted by Gasteiger charge is 2.25. The highest BCUT2D eigenvalue weighted by molar-refractivity contribution is 5.59. The Morgan fingerprint density at radius 2 is 1.94 bits per heavy atom. The first kappa shape index (κ1) is 12.2. The second kappa shape index (κ2) is 5.87. The zero-order chi connectivity index (χ0) is 12.1. The van der Waals surface area contributed by atoms with Gasteiger partial charge in [-0.3, -0.25) is 0 Å². The number of hydrogen-bond acceptors (Lipinski definition) is 2. The van der Waals surface area contributed by atoms with Gasteiger partial charge in [0.05, 0.1) is 6.10 Å². The first-order valence-corrected chi connectivity index (χ1v) is 6.37. The number of allylic oxidation sites excluding steroid dienone is 1. The van der Waals surface area contributed by atoms with Crippen LogP contribution < -0.4 is 0 Å². The van der Waals surface area contributed by atoms with E-state index < -0.39 is 0 Å². The Labute approximate surface area is 103 Å². The molecule has 92 valence electrons. The van der Waals surface area contributed by atoms with Crippen molar-refractivity contribution in [1.82, 2.24) is 0 Å². The minimum Gasteiger partial charge on any atom is -0.487 e. The highest BCUT2D eigenvalue weighted by Crippen LogP contribution is 2.26. The third kappa shape index (κ3) is 3.10. The average molecular weight is 232 g/mol. The lowest BCUT2D eigenvalue weighted by Crippen LogP contribution is -2.31. The zero-order valence-electron chi connectivity index (χ0n) is 10.3. The van der Waals surface area contributed by atoms with Crippen LogP contribution in [0.15, 0.2) is 36.4 Å². The van der Waals surface area contributed by atoms with E-state index in [2.05, 4.69) is 0 Å². The van der Waals surface area contributed by atoms with E-state index >= 15 is 0 Å². The Morgan fingerprint density at radius 1 is 1.24 bits per heavy atom. The van der Waals surface area contributed by atoms with Gasteiger partial charge in [0.15, 0.2) is 0 Å². The highest BCUT2D eigenvalue weighted by atomic mass is 16.5. The molecule has 0 bridgehead atoms. The van der Waals surface area contributed by atoms with Crippen molar-refractivity contribution >= 4 is 5.76 Å². The van der Waals surface area contributed by atoms with Crippen molar-refractivity contribution in [3.63, 3.8) is 0 Å². The molecule has 1 aliphatic rings. The average Bonchev–Trinajstić information content (AvgIpc) is 2.39. The molecule has 0 unspecified atom stereocenters. The maximum absolute atomic E-state index is 9.91. The van der Waals surface area contributed by atoms with E-state index in [0.717, 1.165) is 37.0 Å². The Morgan fingerprint density at radius 3 is 2.59 bits per heavy atom. The van der Waals surface area contributed by atoms with Gasteiger partial charge in [-0.05, 0) is 32.3 Å². The van der Waals surface area contributed by atoms with E-state index in [4.69, 9.17) is 4.74 Å². The molecule has 2 atom stereocenters. The standard InChI is InChI=1S/C15H20O2/c1-2-14(12-8-4-3-5-9-12)17-15-11-7-6-10-13(15)16/h2-5,8-9,13,15-16H,6-7,10-11H2,1H3/t13-,15-/m1/s1. The minimum atomic E-state index is -0.317. The molecule has 1 saturated carbocycles. The van der Waals surface area contributed by atoms with E-state index in [0.29, 0.717) is 0 Å². The summed E-state index contributed by atoms with van der Waals surface area (Å²) in [6, 6.07) is 10.1. The Balaban J connectivity index is 2.05. The van der Waals surface area contributed by atoms with Crippen LogP contribution in [0.4, 0.5) is 0 Å². The summed E-state index contributed by atoms with van der Waals surface area (Å²) in [6.45, 7) is 1.97. The molecule has 0 heterocycles. The van der Waals surface area contributed by atoms with Crippen LogP contribution in [-0.4, -0.2) is 17.3 Å². The monoisotopic (exact) mass is 232 g/mol. The number of aliphatic hydroxyl groups excluding tert-OH is 1. The van der Waals surface area contributed by atoms with Crippen LogP contribution in [0.2, 0.25) is 0 Å². The van der Waals surface area contributed by atoms with Gasteiger partial charge in [-0.1, -0.05) is 36.8 Å². The van der Waals surface area contributed by atoms with Crippen LogP contribution in [0.3, 0.4) is 0 Å². The lowest BCUT2D eigenvalue weighted by atomic mass is 9.94. The molecule has 2 nitrogen and oxygen atoms in total. The van der Waals surface area contributed by atoms with Crippen molar-refractivity contribution in [2.24, 2.45) is 0 Å². The van der Waals surface area contributed by atoms with Gasteiger partial charge in [-0.15, -0.1) is 0 Å². The molecule has 0 spiro atoms. The van der Waals surface area contributed by atoms with Gasteiger partial charge in [0.1, 0.15) is 11.9 Å². The number of ether oxygens (including phenoxy) is 1. The Kier molecular flexibility index (Phi) is 4.21. The molecule has 1 aromatic carbocycles. The van der Waals surface area contributed by atoms with Gasteiger partial charge in [-0.2, -0.15) is 0 Å². The van der Waals surface area contributed by atoms with Crippen LogP contribution in [0, 0.1) is 0 Å². The molecule has 1 N–H and O–H groups in total. The minimum absolute atomic E-state index is 0.0462. The maximum Gasteiger partial charge on any atom is 0.124 e. The lowest BCUT2D eigenvalue weighted by Gasteiger charge is -2.29. The molecule has 0 aromatic heterocycles. The van der Waals surface area contributed by atoms with E-state index in [1.54, 1.807) is 0 Å². The smallest absolute Gasteiger partial charge is 0.124 e. The number of hydrogen-bond donors (Lipinski definition) is 1. The van der Waals surface area contributed by atoms with E-state index in [1.807, 2.05) is 43.3 Å². The van der Waals surface area contributed by atoms with Gasteiger partial charge in [0, 0.05) is 5.56 Å². The molecule has 2 rings (SSSR count). The SMILES string of the molecule is CC=C(O[C@@H]1CCCC[C@H]1O)c1ccccc1. The van der Waals surface area contributed by atoms with Gasteiger partial charge < -0.3 is 9.84 Å². The predicted octanol–water partition coefficient (Wildman–Crippen LogP) is 3.37. The summed E-state index contributed by atoms with van der Waals surface area (Å²) < 4.78 is 5.95. The van der Waals surface area contributed by atoms with Crippen molar-refractivity contribution in [2.45, 2.75) is 44.8 Å². The van der Waals surface area contributed by atoms with E-state index in [1.165, 1.54) is 0 Å². The third-order valence-electron chi connectivity index (χ3n) is 3.27. The summed E-state index contributed by atoms with van der Waals surface area (Å²) in [6.07, 6.45) is 5.67. The normalized spacial score (nSPS) is 25.6. The number of benzene rings is 1. The van der Waals surface area contributed by atoms with Gasteiger partial charge in [0.2, 0.25) is 0 Å². The summed E-state index contributed by atoms with van der Waals surface area (Å²) in [5, 5.41) is 9.91. The topological polar surface area (TPSA) is 29.5 Å². The first-order chi connectivity index (χ1) is 8.31. The van der Waals surface area contributed by atoms with Gasteiger partial charge in [-0.25, -0.2) is 0 Å². The number of rotatable bonds is 3. The summed E-state index contributed by atoms with van der Waals surface area (Å²) in [7, 11) is 0. The van der Waals surface area contributed by atoms with Crippen LogP contribution >= 0.6 is 0 Å². The summed E-state index contributed by atoms with van der Waals surface area (Å²) in [5.41, 5.74) is 1.08. The largest absolute Gasteiger partial charge is 0.487 e. The molecule has 2 heteroatoms. The molecule has 0 amide bonds. The lowest BCUT2D eigenvalue weighted by molar-refractivity contribution is -0.00848. The molecule has 0 aliphatic heterocycles. The second-order valence-electron chi connectivity index (χ2n) is 4.53. The fourth-order valence-corrected chi connectivity index (χ4v) is 2.28. The fourth-order valence-electron chi connectivity index (χ4n) is 2.28. The van der Waals surface area contributed by atoms with Crippen LogP contribution in [-0.2, 0) is 4.74 Å². The molecule has 1 fully saturated rings. The molecular formula is C15H20O2. The van der Waals surface area contributed by atoms with Crippen molar-refractivity contribution in [3.8, 4) is 0 Å². The molecule has 1 aromatic rings. The molecule has 0 radical (unpaired) electrons.